The predicted octanol–water partition coefficient (Wildman–Crippen LogP) is 5.32. The van der Waals surface area contributed by atoms with Crippen molar-refractivity contribution in [1.82, 2.24) is 9.88 Å². The molecule has 3 aromatic carbocycles. The number of halogens is 1. The van der Waals surface area contributed by atoms with E-state index in [-0.39, 0.29) is 57.0 Å². The first-order valence-corrected chi connectivity index (χ1v) is 17.5. The molecule has 0 radical (unpaired) electrons. The van der Waals surface area contributed by atoms with E-state index in [4.69, 9.17) is 5.11 Å². The van der Waals surface area contributed by atoms with Gasteiger partial charge in [-0.3, -0.25) is 14.4 Å². The molecule has 52 heavy (non-hydrogen) atoms. The molecule has 0 fully saturated rings. The highest BCUT2D eigenvalue weighted by Gasteiger charge is 2.31. The molecule has 4 atom stereocenters. The van der Waals surface area contributed by atoms with E-state index < -0.39 is 48.5 Å². The van der Waals surface area contributed by atoms with Gasteiger partial charge in [0.25, 0.3) is 5.91 Å². The number of nitrogens with zero attached hydrogens (tertiary/aromatic N) is 1. The van der Waals surface area contributed by atoms with Crippen molar-refractivity contribution >= 4 is 23.5 Å². The molecule has 0 aliphatic heterocycles. The van der Waals surface area contributed by atoms with E-state index in [1.807, 2.05) is 66.9 Å². The van der Waals surface area contributed by atoms with Crippen LogP contribution in [-0.2, 0) is 16.1 Å². The van der Waals surface area contributed by atoms with Crippen LogP contribution in [0.4, 0.5) is 10.1 Å². The number of carbonyl (C=O) groups is 3. The van der Waals surface area contributed by atoms with Crippen LogP contribution in [0.1, 0.15) is 74.3 Å². The SMILES string of the molecule is CC(C)c1c(C(=O)Nc2ccccc2)c(-c2ccccc2)c(-c2ccc(F)cc2)n1CC[C@@H](O)C[C@@H](O)CC(=O)NCC[C@@H](O)C[C@@H](O)CC(=O)O. The van der Waals surface area contributed by atoms with Crippen molar-refractivity contribution in [1.29, 1.82) is 0 Å². The molecule has 0 saturated carbocycles. The summed E-state index contributed by atoms with van der Waals surface area (Å²) in [7, 11) is 0. The zero-order valence-electron chi connectivity index (χ0n) is 29.4. The number of aliphatic hydroxyl groups is 4. The lowest BCUT2D eigenvalue weighted by Gasteiger charge is -2.20. The summed E-state index contributed by atoms with van der Waals surface area (Å²) in [5, 5.41) is 55.8. The maximum Gasteiger partial charge on any atom is 0.305 e. The summed E-state index contributed by atoms with van der Waals surface area (Å²) in [5.41, 5.74) is 4.60. The molecule has 11 nitrogen and oxygen atoms in total. The largest absolute Gasteiger partial charge is 0.481 e. The molecule has 0 aliphatic carbocycles. The molecule has 0 bridgehead atoms. The molecule has 4 rings (SSSR count). The molecule has 4 aromatic rings. The number of aliphatic carboxylic acids is 1. The van der Waals surface area contributed by atoms with Gasteiger partial charge in [0.2, 0.25) is 5.91 Å². The standard InChI is InChI=1S/C40H48FN3O8/c1-25(2)38-37(40(52)43-29-11-7-4-8-12-29)36(26-9-5-3-6-10-26)39(27-13-15-28(41)16-14-27)44(38)20-18-31(46)22-32(47)23-34(49)42-19-17-30(45)21-33(48)24-35(50)51/h3-16,25,30-33,45-48H,17-24H2,1-2H3,(H,42,49)(H,43,52)(H,50,51)/t30-,31-,32-,33-/m1/s1. The molecule has 1 heterocycles. The number of carbonyl (C=O) groups excluding carboxylic acids is 2. The number of anilines is 1. The number of benzene rings is 3. The summed E-state index contributed by atoms with van der Waals surface area (Å²) in [4.78, 5) is 37.4. The van der Waals surface area contributed by atoms with Crippen LogP contribution >= 0.6 is 0 Å². The quantitative estimate of drug-likeness (QED) is 0.0681. The molecular weight excluding hydrogens is 669 g/mol. The lowest BCUT2D eigenvalue weighted by molar-refractivity contribution is -0.139. The van der Waals surface area contributed by atoms with Crippen LogP contribution < -0.4 is 10.6 Å². The first-order chi connectivity index (χ1) is 24.8. The van der Waals surface area contributed by atoms with Gasteiger partial charge in [0.15, 0.2) is 0 Å². The second kappa shape index (κ2) is 19.1. The van der Waals surface area contributed by atoms with Crippen LogP contribution in [0.5, 0.6) is 0 Å². The van der Waals surface area contributed by atoms with Gasteiger partial charge in [-0.05, 0) is 79.1 Å². The second-order valence-electron chi connectivity index (χ2n) is 13.3. The van der Waals surface area contributed by atoms with Crippen molar-refractivity contribution in [3.05, 3.63) is 102 Å². The molecule has 0 spiro atoms. The summed E-state index contributed by atoms with van der Waals surface area (Å²) in [6.07, 6.45) is -5.20. The molecule has 0 unspecified atom stereocenters. The molecule has 7 N–H and O–H groups in total. The van der Waals surface area contributed by atoms with E-state index >= 15 is 0 Å². The normalized spacial score (nSPS) is 13.7. The Hall–Kier alpha value is -4.88. The Morgan fingerprint density at radius 2 is 1.31 bits per heavy atom. The Morgan fingerprint density at radius 3 is 1.90 bits per heavy atom. The Labute approximate surface area is 302 Å². The van der Waals surface area contributed by atoms with Gasteiger partial charge < -0.3 is 40.7 Å². The minimum absolute atomic E-state index is 0.0523. The predicted molar refractivity (Wildman–Crippen MR) is 196 cm³/mol. The zero-order chi connectivity index (χ0) is 37.8. The lowest BCUT2D eigenvalue weighted by Crippen LogP contribution is -2.32. The average Bonchev–Trinajstić information content (AvgIpc) is 3.43. The number of amides is 2. The van der Waals surface area contributed by atoms with Crippen molar-refractivity contribution < 1.29 is 44.3 Å². The average molecular weight is 718 g/mol. The first kappa shape index (κ1) is 39.9. The van der Waals surface area contributed by atoms with E-state index in [9.17, 15) is 39.2 Å². The highest BCUT2D eigenvalue weighted by Crippen LogP contribution is 2.42. The third-order valence-electron chi connectivity index (χ3n) is 8.69. The summed E-state index contributed by atoms with van der Waals surface area (Å²) in [5.74, 6) is -2.56. The lowest BCUT2D eigenvalue weighted by atomic mass is 9.94. The van der Waals surface area contributed by atoms with E-state index in [0.717, 1.165) is 11.3 Å². The number of aromatic nitrogens is 1. The van der Waals surface area contributed by atoms with Crippen LogP contribution in [0.3, 0.4) is 0 Å². The molecule has 2 amide bonds. The fourth-order valence-corrected chi connectivity index (χ4v) is 6.38. The van der Waals surface area contributed by atoms with Crippen LogP contribution in [0, 0.1) is 5.82 Å². The summed E-state index contributed by atoms with van der Waals surface area (Å²) in [6.45, 7) is 4.25. The van der Waals surface area contributed by atoms with Gasteiger partial charge in [0.1, 0.15) is 5.82 Å². The molecule has 278 valence electrons. The zero-order valence-corrected chi connectivity index (χ0v) is 29.4. The number of hydrogen-bond donors (Lipinski definition) is 7. The monoisotopic (exact) mass is 717 g/mol. The summed E-state index contributed by atoms with van der Waals surface area (Å²) < 4.78 is 16.2. The number of carboxylic acids is 1. The van der Waals surface area contributed by atoms with Crippen molar-refractivity contribution in [3.63, 3.8) is 0 Å². The van der Waals surface area contributed by atoms with Crippen LogP contribution in [0.25, 0.3) is 22.4 Å². The van der Waals surface area contributed by atoms with Gasteiger partial charge in [0.05, 0.1) is 48.5 Å². The minimum Gasteiger partial charge on any atom is -0.481 e. The fourth-order valence-electron chi connectivity index (χ4n) is 6.38. The Bertz CT molecular complexity index is 1760. The molecule has 12 heteroatoms. The van der Waals surface area contributed by atoms with E-state index in [0.29, 0.717) is 28.1 Å². The smallest absolute Gasteiger partial charge is 0.305 e. The maximum absolute atomic E-state index is 14.2. The third-order valence-corrected chi connectivity index (χ3v) is 8.69. The van der Waals surface area contributed by atoms with Crippen LogP contribution in [0.15, 0.2) is 84.9 Å². The Morgan fingerprint density at radius 1 is 0.731 bits per heavy atom. The Balaban J connectivity index is 1.55. The fraction of sp³-hybridized carbons (Fsp3) is 0.375. The molecule has 0 saturated heterocycles. The van der Waals surface area contributed by atoms with Gasteiger partial charge in [-0.15, -0.1) is 0 Å². The van der Waals surface area contributed by atoms with Gasteiger partial charge in [-0.2, -0.15) is 0 Å². The number of aliphatic hydroxyl groups excluding tert-OH is 4. The maximum atomic E-state index is 14.2. The highest BCUT2D eigenvalue weighted by atomic mass is 19.1. The summed E-state index contributed by atoms with van der Waals surface area (Å²) in [6, 6.07) is 24.6. The topological polar surface area (TPSA) is 181 Å². The molecular formula is C40H48FN3O8. The van der Waals surface area contributed by atoms with Gasteiger partial charge >= 0.3 is 5.97 Å². The second-order valence-corrected chi connectivity index (χ2v) is 13.3. The van der Waals surface area contributed by atoms with Gasteiger partial charge in [-0.25, -0.2) is 4.39 Å². The molecule has 1 aromatic heterocycles. The number of nitrogens with one attached hydrogen (secondary N) is 2. The van der Waals surface area contributed by atoms with Crippen LogP contribution in [0.2, 0.25) is 0 Å². The molecule has 0 aliphatic rings. The van der Waals surface area contributed by atoms with Crippen LogP contribution in [-0.4, -0.2) is 78.8 Å². The van der Waals surface area contributed by atoms with Crippen molar-refractivity contribution in [3.8, 4) is 22.4 Å². The number of para-hydroxylation sites is 1. The number of carboxylic acid groups (broad SMARTS) is 1. The van der Waals surface area contributed by atoms with Gasteiger partial charge in [-0.1, -0.05) is 62.4 Å². The van der Waals surface area contributed by atoms with Crippen molar-refractivity contribution in [2.75, 3.05) is 11.9 Å². The highest BCUT2D eigenvalue weighted by molar-refractivity contribution is 6.12. The van der Waals surface area contributed by atoms with Crippen molar-refractivity contribution in [2.45, 2.75) is 89.3 Å². The van der Waals surface area contributed by atoms with E-state index in [2.05, 4.69) is 10.6 Å². The first-order valence-electron chi connectivity index (χ1n) is 17.5. The minimum atomic E-state index is -1.20. The number of hydrogen-bond acceptors (Lipinski definition) is 7. The van der Waals surface area contributed by atoms with Gasteiger partial charge in [0, 0.05) is 30.0 Å². The van der Waals surface area contributed by atoms with Crippen molar-refractivity contribution in [2.24, 2.45) is 0 Å². The Kier molecular flexibility index (Phi) is 14.7. The van der Waals surface area contributed by atoms with E-state index in [1.165, 1.54) is 12.1 Å². The summed E-state index contributed by atoms with van der Waals surface area (Å²) >= 11 is 0. The number of rotatable bonds is 19. The van der Waals surface area contributed by atoms with E-state index in [1.54, 1.807) is 24.3 Å². The third kappa shape index (κ3) is 11.3.